The van der Waals surface area contributed by atoms with Crippen molar-refractivity contribution in [1.82, 2.24) is 0 Å². The van der Waals surface area contributed by atoms with Crippen LogP contribution in [-0.2, 0) is 17.5 Å². The molecule has 1 aromatic heterocycles. The van der Waals surface area contributed by atoms with Gasteiger partial charge >= 0.3 is 6.18 Å². The summed E-state index contributed by atoms with van der Waals surface area (Å²) in [4.78, 5) is 11.8. The monoisotopic (exact) mass is 295 g/mol. The fourth-order valence-corrected chi connectivity index (χ4v) is 1.83. The van der Waals surface area contributed by atoms with Gasteiger partial charge in [-0.05, 0) is 24.6 Å². The summed E-state index contributed by atoms with van der Waals surface area (Å²) in [7, 11) is 0. The minimum absolute atomic E-state index is 0.0491. The molecule has 6 heteroatoms. The summed E-state index contributed by atoms with van der Waals surface area (Å²) >= 11 is 0. The molecule has 0 saturated heterocycles. The first-order valence-corrected chi connectivity index (χ1v) is 6.28. The smallest absolute Gasteiger partial charge is 0.320 e. The van der Waals surface area contributed by atoms with Gasteiger partial charge in [0.25, 0.3) is 5.91 Å². The van der Waals surface area contributed by atoms with E-state index >= 15 is 0 Å². The van der Waals surface area contributed by atoms with Crippen LogP contribution in [0.1, 0.15) is 11.1 Å². The molecule has 2 aromatic rings. The standard InChI is InChI=1S/C15H13F3N2O/c1-11-6-8-20(9-7-11)10-14(21)19-13-5-3-2-4-12(13)15(16,17)18/h2-9H,10H2,1H3/p+1. The molecule has 1 amide bonds. The molecule has 0 aliphatic heterocycles. The van der Waals surface area contributed by atoms with Crippen LogP contribution in [0.25, 0.3) is 0 Å². The largest absolute Gasteiger partial charge is 0.418 e. The first kappa shape index (κ1) is 15.0. The molecule has 0 atom stereocenters. The van der Waals surface area contributed by atoms with Crippen molar-refractivity contribution in [3.63, 3.8) is 0 Å². The van der Waals surface area contributed by atoms with Gasteiger partial charge in [0.15, 0.2) is 12.4 Å². The highest BCUT2D eigenvalue weighted by molar-refractivity contribution is 5.90. The number of hydrogen-bond acceptors (Lipinski definition) is 1. The second-order valence-corrected chi connectivity index (χ2v) is 4.64. The number of carbonyl (C=O) groups is 1. The molecule has 3 nitrogen and oxygen atoms in total. The van der Waals surface area contributed by atoms with Gasteiger partial charge in [-0.2, -0.15) is 17.7 Å². The van der Waals surface area contributed by atoms with E-state index in [9.17, 15) is 18.0 Å². The van der Waals surface area contributed by atoms with Gasteiger partial charge in [0, 0.05) is 12.1 Å². The first-order valence-electron chi connectivity index (χ1n) is 6.28. The van der Waals surface area contributed by atoms with Crippen LogP contribution in [0.5, 0.6) is 0 Å². The van der Waals surface area contributed by atoms with Crippen LogP contribution in [-0.4, -0.2) is 5.91 Å². The molecular weight excluding hydrogens is 281 g/mol. The van der Waals surface area contributed by atoms with E-state index in [0.29, 0.717) is 0 Å². The maximum Gasteiger partial charge on any atom is 0.418 e. The lowest BCUT2D eigenvalue weighted by molar-refractivity contribution is -0.684. The third kappa shape index (κ3) is 4.05. The van der Waals surface area contributed by atoms with Crippen LogP contribution >= 0.6 is 0 Å². The van der Waals surface area contributed by atoms with Crippen LogP contribution in [0, 0.1) is 6.92 Å². The lowest BCUT2D eigenvalue weighted by atomic mass is 10.1. The molecule has 1 heterocycles. The molecule has 0 unspecified atom stereocenters. The van der Waals surface area contributed by atoms with Crippen molar-refractivity contribution in [2.45, 2.75) is 19.6 Å². The number of rotatable bonds is 3. The van der Waals surface area contributed by atoms with Gasteiger partial charge < -0.3 is 5.32 Å². The third-order valence-electron chi connectivity index (χ3n) is 2.89. The molecule has 110 valence electrons. The van der Waals surface area contributed by atoms with Crippen molar-refractivity contribution in [2.24, 2.45) is 0 Å². The Labute approximate surface area is 120 Å². The normalized spacial score (nSPS) is 11.2. The molecule has 1 N–H and O–H groups in total. The summed E-state index contributed by atoms with van der Waals surface area (Å²) in [6.45, 7) is 1.86. The molecule has 0 spiro atoms. The zero-order chi connectivity index (χ0) is 15.5. The molecule has 0 bridgehead atoms. The number of aryl methyl sites for hydroxylation is 1. The number of aromatic nitrogens is 1. The van der Waals surface area contributed by atoms with E-state index in [0.717, 1.165) is 11.6 Å². The summed E-state index contributed by atoms with van der Waals surface area (Å²) in [6.07, 6.45) is -1.10. The number of carbonyl (C=O) groups excluding carboxylic acids is 1. The van der Waals surface area contributed by atoms with Crippen LogP contribution in [0.3, 0.4) is 0 Å². The Hall–Kier alpha value is -2.37. The van der Waals surface area contributed by atoms with Crippen LogP contribution in [0.4, 0.5) is 18.9 Å². The topological polar surface area (TPSA) is 33.0 Å². The van der Waals surface area contributed by atoms with Crippen LogP contribution in [0.2, 0.25) is 0 Å². The number of nitrogens with one attached hydrogen (secondary N) is 1. The Kier molecular flexibility index (Phi) is 4.26. The number of anilines is 1. The maximum absolute atomic E-state index is 12.8. The predicted octanol–water partition coefficient (Wildman–Crippen LogP) is 2.94. The van der Waals surface area contributed by atoms with Crippen molar-refractivity contribution >= 4 is 11.6 Å². The number of halogens is 3. The average Bonchev–Trinajstić information content (AvgIpc) is 2.41. The highest BCUT2D eigenvalue weighted by Crippen LogP contribution is 2.34. The zero-order valence-electron chi connectivity index (χ0n) is 11.3. The molecule has 1 aromatic carbocycles. The minimum atomic E-state index is -4.50. The Morgan fingerprint density at radius 2 is 1.76 bits per heavy atom. The van der Waals surface area contributed by atoms with Gasteiger partial charge in [0.2, 0.25) is 6.54 Å². The van der Waals surface area contributed by atoms with Gasteiger partial charge in [-0.3, -0.25) is 4.79 Å². The van der Waals surface area contributed by atoms with E-state index in [-0.39, 0.29) is 12.2 Å². The summed E-state index contributed by atoms with van der Waals surface area (Å²) in [5.74, 6) is -0.513. The van der Waals surface area contributed by atoms with Crippen LogP contribution in [0.15, 0.2) is 48.8 Å². The molecule has 21 heavy (non-hydrogen) atoms. The maximum atomic E-state index is 12.8. The number of pyridine rings is 1. The Balaban J connectivity index is 2.11. The van der Waals surface area contributed by atoms with Gasteiger partial charge in [-0.25, -0.2) is 0 Å². The summed E-state index contributed by atoms with van der Waals surface area (Å²) in [5, 5.41) is 2.30. The number of hydrogen-bond donors (Lipinski definition) is 1. The van der Waals surface area contributed by atoms with E-state index in [1.54, 1.807) is 17.0 Å². The minimum Gasteiger partial charge on any atom is -0.320 e. The Morgan fingerprint density at radius 1 is 1.14 bits per heavy atom. The first-order chi connectivity index (χ1) is 9.86. The van der Waals surface area contributed by atoms with E-state index in [1.807, 2.05) is 19.1 Å². The zero-order valence-corrected chi connectivity index (χ0v) is 11.3. The van der Waals surface area contributed by atoms with Crippen molar-refractivity contribution < 1.29 is 22.5 Å². The lowest BCUT2D eigenvalue weighted by Crippen LogP contribution is -2.39. The Bertz CT molecular complexity index is 636. The number of para-hydroxylation sites is 1. The van der Waals surface area contributed by atoms with E-state index in [1.165, 1.54) is 18.2 Å². The average molecular weight is 295 g/mol. The highest BCUT2D eigenvalue weighted by atomic mass is 19.4. The van der Waals surface area contributed by atoms with Gasteiger partial charge in [0.1, 0.15) is 0 Å². The number of benzene rings is 1. The number of alkyl halides is 3. The fraction of sp³-hybridized carbons (Fsp3) is 0.200. The molecule has 0 aliphatic rings. The Morgan fingerprint density at radius 3 is 2.38 bits per heavy atom. The van der Waals surface area contributed by atoms with Crippen LogP contribution < -0.4 is 9.88 Å². The molecular formula is C15H14F3N2O+. The summed E-state index contributed by atoms with van der Waals surface area (Å²) in [6, 6.07) is 8.54. The SMILES string of the molecule is Cc1cc[n+](CC(=O)Nc2ccccc2C(F)(F)F)cc1. The third-order valence-corrected chi connectivity index (χ3v) is 2.89. The number of nitrogens with zero attached hydrogens (tertiary/aromatic N) is 1. The van der Waals surface area contributed by atoms with Gasteiger partial charge in [-0.15, -0.1) is 0 Å². The quantitative estimate of drug-likeness (QED) is 0.868. The fourth-order valence-electron chi connectivity index (χ4n) is 1.83. The lowest BCUT2D eigenvalue weighted by Gasteiger charge is -2.12. The number of amides is 1. The van der Waals surface area contributed by atoms with Gasteiger partial charge in [0.05, 0.1) is 11.3 Å². The molecule has 2 rings (SSSR count). The molecule has 0 radical (unpaired) electrons. The predicted molar refractivity (Wildman–Crippen MR) is 71.4 cm³/mol. The van der Waals surface area contributed by atoms with Crippen molar-refractivity contribution in [2.75, 3.05) is 5.32 Å². The molecule has 0 fully saturated rings. The van der Waals surface area contributed by atoms with E-state index < -0.39 is 17.6 Å². The summed E-state index contributed by atoms with van der Waals surface area (Å²) < 4.78 is 40.0. The van der Waals surface area contributed by atoms with Crippen molar-refractivity contribution in [1.29, 1.82) is 0 Å². The highest BCUT2D eigenvalue weighted by Gasteiger charge is 2.33. The molecule has 0 saturated carbocycles. The van der Waals surface area contributed by atoms with E-state index in [4.69, 9.17) is 0 Å². The van der Waals surface area contributed by atoms with Crippen molar-refractivity contribution in [3.8, 4) is 0 Å². The second-order valence-electron chi connectivity index (χ2n) is 4.64. The van der Waals surface area contributed by atoms with Crippen molar-refractivity contribution in [3.05, 3.63) is 59.9 Å². The van der Waals surface area contributed by atoms with Gasteiger partial charge in [-0.1, -0.05) is 12.1 Å². The van der Waals surface area contributed by atoms with E-state index in [2.05, 4.69) is 5.32 Å². The second kappa shape index (κ2) is 5.95. The molecule has 0 aliphatic carbocycles. The summed E-state index contributed by atoms with van der Waals surface area (Å²) in [5.41, 5.74) is -0.0518.